The van der Waals surface area contributed by atoms with E-state index in [9.17, 15) is 19.2 Å². The third-order valence-corrected chi connectivity index (χ3v) is 8.06. The van der Waals surface area contributed by atoms with Gasteiger partial charge in [-0.25, -0.2) is 9.78 Å². The van der Waals surface area contributed by atoms with Crippen LogP contribution in [-0.4, -0.2) is 72.4 Å². The van der Waals surface area contributed by atoms with Crippen molar-refractivity contribution in [3.63, 3.8) is 0 Å². The van der Waals surface area contributed by atoms with E-state index in [-0.39, 0.29) is 31.5 Å². The number of aryl methyl sites for hydroxylation is 1. The summed E-state index contributed by atoms with van der Waals surface area (Å²) >= 11 is 0. The van der Waals surface area contributed by atoms with Crippen LogP contribution in [0.3, 0.4) is 0 Å². The van der Waals surface area contributed by atoms with Crippen LogP contribution >= 0.6 is 0 Å². The smallest absolute Gasteiger partial charge is 0.407 e. The van der Waals surface area contributed by atoms with Gasteiger partial charge in [-0.1, -0.05) is 118 Å². The Morgan fingerprint density at radius 2 is 1.67 bits per heavy atom. The third kappa shape index (κ3) is 14.0. The monoisotopic (exact) mass is 711 g/mol. The topological polar surface area (TPSA) is 157 Å². The number of ketones is 1. The lowest BCUT2D eigenvalue weighted by atomic mass is 9.91. The van der Waals surface area contributed by atoms with Crippen LogP contribution in [0.25, 0.3) is 11.1 Å². The fourth-order valence-corrected chi connectivity index (χ4v) is 5.22. The average Bonchev–Trinajstić information content (AvgIpc) is 3.81. The first-order chi connectivity index (χ1) is 25.1. The van der Waals surface area contributed by atoms with E-state index in [0.29, 0.717) is 29.6 Å². The highest BCUT2D eigenvalue weighted by Crippen LogP contribution is 2.31. The summed E-state index contributed by atoms with van der Waals surface area (Å²) in [6, 6.07) is 16.5. The summed E-state index contributed by atoms with van der Waals surface area (Å²) in [5.41, 5.74) is 9.06. The molecule has 2 atom stereocenters. The number of nitrogens with two attached hydrogens (primary N) is 1. The quantitative estimate of drug-likeness (QED) is 0.119. The number of hydrogen-bond acceptors (Lipinski definition) is 8. The number of hydrogen-bond donors (Lipinski definition) is 3. The number of aromatic nitrogens is 1. The summed E-state index contributed by atoms with van der Waals surface area (Å²) < 4.78 is 10.6. The second-order valence-electron chi connectivity index (χ2n) is 11.8. The van der Waals surface area contributed by atoms with Crippen molar-refractivity contribution in [2.45, 2.75) is 52.5 Å². The van der Waals surface area contributed by atoms with Crippen LogP contribution in [-0.2, 0) is 20.7 Å². The summed E-state index contributed by atoms with van der Waals surface area (Å²) in [4.78, 5) is 56.7. The van der Waals surface area contributed by atoms with Gasteiger partial charge in [0, 0.05) is 12.5 Å². The lowest BCUT2D eigenvalue weighted by Gasteiger charge is -2.27. The molecule has 1 unspecified atom stereocenters. The maximum atomic E-state index is 13.3. The molecule has 4 rings (SSSR count). The Morgan fingerprint density at radius 1 is 0.981 bits per heavy atom. The Kier molecular flexibility index (Phi) is 19.5. The van der Waals surface area contributed by atoms with E-state index >= 15 is 0 Å². The molecule has 0 aliphatic carbocycles. The molecule has 2 heterocycles. The predicted octanol–water partition coefficient (Wildman–Crippen LogP) is 6.49. The summed E-state index contributed by atoms with van der Waals surface area (Å²) in [5, 5.41) is 5.04. The van der Waals surface area contributed by atoms with Crippen molar-refractivity contribution in [1.82, 2.24) is 20.5 Å². The number of nitrogens with zero attached hydrogens (tertiary/aromatic N) is 2. The Hall–Kier alpha value is -5.55. The number of carbonyl (C=O) groups excluding carboxylic acids is 4. The van der Waals surface area contributed by atoms with E-state index in [0.717, 1.165) is 18.5 Å². The molecular formula is C41H53N5O6. The van der Waals surface area contributed by atoms with E-state index in [1.807, 2.05) is 13.0 Å². The number of fused-ring (bicyclic) bond motifs is 1. The average molecular weight is 712 g/mol. The SMILES string of the molecule is C=C/C=C(\C=C)COC(=O)NCC(=O)N1CC[C@H](/C(C)=C/C=C)C1C(=O)NCC(=O)c1nc2ccccc2o1.CCCCN.CCc1ccccc1. The summed E-state index contributed by atoms with van der Waals surface area (Å²) in [6.45, 7) is 17.4. The molecule has 0 saturated carbocycles. The molecule has 3 amide bonds. The van der Waals surface area contributed by atoms with E-state index in [2.05, 4.69) is 73.5 Å². The second-order valence-corrected chi connectivity index (χ2v) is 11.8. The van der Waals surface area contributed by atoms with Gasteiger partial charge in [-0.2, -0.15) is 0 Å². The lowest BCUT2D eigenvalue weighted by molar-refractivity contribution is -0.138. The number of ether oxygens (including phenoxy) is 1. The third-order valence-electron chi connectivity index (χ3n) is 8.06. The lowest BCUT2D eigenvalue weighted by Crippen LogP contribution is -2.52. The minimum absolute atomic E-state index is 0.0357. The normalized spacial score (nSPS) is 15.3. The first-order valence-electron chi connectivity index (χ1n) is 17.5. The van der Waals surface area contributed by atoms with Crippen LogP contribution in [0.4, 0.5) is 4.79 Å². The van der Waals surface area contributed by atoms with Crippen molar-refractivity contribution < 1.29 is 28.3 Å². The van der Waals surface area contributed by atoms with Crippen molar-refractivity contribution in [1.29, 1.82) is 0 Å². The molecule has 11 heteroatoms. The van der Waals surface area contributed by atoms with Gasteiger partial charge in [0.2, 0.25) is 17.6 Å². The van der Waals surface area contributed by atoms with Crippen molar-refractivity contribution in [3.8, 4) is 0 Å². The van der Waals surface area contributed by atoms with E-state index in [1.54, 1.807) is 48.6 Å². The number of unbranched alkanes of at least 4 members (excludes halogenated alkanes) is 1. The zero-order valence-electron chi connectivity index (χ0n) is 30.6. The van der Waals surface area contributed by atoms with Crippen LogP contribution < -0.4 is 16.4 Å². The minimum atomic E-state index is -0.883. The first-order valence-corrected chi connectivity index (χ1v) is 17.5. The van der Waals surface area contributed by atoms with Crippen molar-refractivity contribution in [2.75, 3.05) is 32.8 Å². The molecule has 1 fully saturated rings. The molecule has 52 heavy (non-hydrogen) atoms. The predicted molar refractivity (Wildman–Crippen MR) is 207 cm³/mol. The molecule has 2 aromatic carbocycles. The van der Waals surface area contributed by atoms with Crippen molar-refractivity contribution in [3.05, 3.63) is 127 Å². The van der Waals surface area contributed by atoms with Gasteiger partial charge in [0.25, 0.3) is 5.89 Å². The summed E-state index contributed by atoms with van der Waals surface area (Å²) in [5.74, 6) is -1.87. The van der Waals surface area contributed by atoms with Gasteiger partial charge in [-0.05, 0) is 56.0 Å². The molecule has 1 aliphatic rings. The molecule has 0 spiro atoms. The molecule has 1 aliphatic heterocycles. The zero-order valence-corrected chi connectivity index (χ0v) is 30.6. The zero-order chi connectivity index (χ0) is 38.3. The fraction of sp³-hybridized carbons (Fsp3) is 0.341. The number of rotatable bonds is 15. The molecule has 3 aromatic rings. The molecule has 4 N–H and O–H groups in total. The van der Waals surface area contributed by atoms with Gasteiger partial charge in [-0.15, -0.1) is 0 Å². The van der Waals surface area contributed by atoms with Gasteiger partial charge in [0.05, 0.1) is 6.54 Å². The van der Waals surface area contributed by atoms with Gasteiger partial charge in [-0.3, -0.25) is 14.4 Å². The van der Waals surface area contributed by atoms with Gasteiger partial charge in [0.1, 0.15) is 24.7 Å². The highest BCUT2D eigenvalue weighted by molar-refractivity contribution is 5.99. The number of nitrogens with one attached hydrogen (secondary N) is 2. The Morgan fingerprint density at radius 3 is 2.25 bits per heavy atom. The molecule has 1 aromatic heterocycles. The van der Waals surface area contributed by atoms with E-state index in [4.69, 9.17) is 14.9 Å². The largest absolute Gasteiger partial charge is 0.445 e. The molecule has 278 valence electrons. The number of amides is 3. The molecule has 11 nitrogen and oxygen atoms in total. The molecule has 1 saturated heterocycles. The number of alkyl carbamates (subject to hydrolysis) is 1. The number of likely N-dealkylation sites (tertiary alicyclic amines) is 1. The highest BCUT2D eigenvalue weighted by Gasteiger charge is 2.42. The summed E-state index contributed by atoms with van der Waals surface area (Å²) in [7, 11) is 0. The number of oxazole rings is 1. The van der Waals surface area contributed by atoms with E-state index in [1.165, 1.54) is 29.4 Å². The van der Waals surface area contributed by atoms with E-state index < -0.39 is 29.7 Å². The van der Waals surface area contributed by atoms with Crippen LogP contribution in [0.15, 0.2) is 120 Å². The maximum Gasteiger partial charge on any atom is 0.407 e. The maximum absolute atomic E-state index is 13.3. The number of carbonyl (C=O) groups is 4. The standard InChI is InChI=1S/C29H32N4O6.C8H10.C4H11N/c1-5-10-19(4)21-14-15-33(25(35)17-31-29(37)38-18-20(7-3)11-6-2)26(21)27(36)30-16-23(34)28-32-22-12-8-9-13-24(22)39-28;1-2-8-6-4-3-5-7-8;1-2-3-4-5/h5-13,21,26H,1-3,14-18H2,4H3,(H,30,36)(H,31,37);3-7H,2H2,1H3;2-5H2,1H3/b19-10+,20-11+;;/t21-,26?;;/m1../s1. The van der Waals surface area contributed by atoms with Crippen LogP contribution in [0.1, 0.15) is 56.3 Å². The Bertz CT molecular complexity index is 1660. The Labute approximate surface area is 307 Å². The van der Waals surface area contributed by atoms with Gasteiger partial charge >= 0.3 is 6.09 Å². The first kappa shape index (κ1) is 42.6. The fourth-order valence-electron chi connectivity index (χ4n) is 5.22. The summed E-state index contributed by atoms with van der Waals surface area (Å²) in [6.07, 6.45) is 11.4. The Balaban J connectivity index is 0.000000604. The second kappa shape index (κ2) is 23.8. The van der Waals surface area contributed by atoms with Gasteiger partial charge < -0.3 is 30.4 Å². The van der Waals surface area contributed by atoms with Gasteiger partial charge in [0.15, 0.2) is 5.58 Å². The van der Waals surface area contributed by atoms with Crippen molar-refractivity contribution in [2.24, 2.45) is 11.7 Å². The molecule has 0 radical (unpaired) electrons. The minimum Gasteiger partial charge on any atom is -0.445 e. The highest BCUT2D eigenvalue weighted by atomic mass is 16.5. The molecular weight excluding hydrogens is 658 g/mol. The number of benzene rings is 2. The number of para-hydroxylation sites is 2. The molecule has 0 bridgehead atoms. The van der Waals surface area contributed by atoms with Crippen LogP contribution in [0, 0.1) is 5.92 Å². The van der Waals surface area contributed by atoms with Crippen molar-refractivity contribution >= 4 is 34.8 Å². The number of allylic oxidation sites excluding steroid dienone is 4. The number of Topliss-reactive ketones (excluding diaryl/α,β-unsaturated/α-hetero) is 1. The van der Waals surface area contributed by atoms with Crippen LogP contribution in [0.2, 0.25) is 0 Å². The van der Waals surface area contributed by atoms with Crippen LogP contribution in [0.5, 0.6) is 0 Å².